The van der Waals surface area contributed by atoms with Gasteiger partial charge in [0.15, 0.2) is 6.61 Å². The number of ether oxygens (including phenoxy) is 1. The van der Waals surface area contributed by atoms with Crippen molar-refractivity contribution in [2.24, 2.45) is 0 Å². The van der Waals surface area contributed by atoms with Crippen LogP contribution in [0.1, 0.15) is 5.56 Å². The summed E-state index contributed by atoms with van der Waals surface area (Å²) in [6, 6.07) is 15.8. The first-order chi connectivity index (χ1) is 14.0. The number of anilines is 1. The molecule has 0 unspecified atom stereocenters. The molecule has 8 heteroatoms. The van der Waals surface area contributed by atoms with Crippen LogP contribution in [0.25, 0.3) is 6.08 Å². The number of nitro groups is 1. The van der Waals surface area contributed by atoms with Gasteiger partial charge in [-0.15, -0.1) is 0 Å². The van der Waals surface area contributed by atoms with E-state index in [1.165, 1.54) is 36.4 Å². The summed E-state index contributed by atoms with van der Waals surface area (Å²) in [4.78, 5) is 38.1. The molecular weight excluding hydrogens is 374 g/mol. The fourth-order valence-corrected chi connectivity index (χ4v) is 3.00. The van der Waals surface area contributed by atoms with Crippen LogP contribution in [0.3, 0.4) is 0 Å². The highest BCUT2D eigenvalue weighted by Gasteiger charge is 2.21. The summed E-state index contributed by atoms with van der Waals surface area (Å²) in [5.74, 6) is -0.866. The Morgan fingerprint density at radius 1 is 1.00 bits per heavy atom. The summed E-state index contributed by atoms with van der Waals surface area (Å²) in [5, 5.41) is 10.6. The van der Waals surface area contributed by atoms with Crippen LogP contribution < -0.4 is 4.90 Å². The van der Waals surface area contributed by atoms with E-state index in [4.69, 9.17) is 4.74 Å². The van der Waals surface area contributed by atoms with Gasteiger partial charge in [0.1, 0.15) is 0 Å². The van der Waals surface area contributed by atoms with Gasteiger partial charge in [0.05, 0.1) is 4.92 Å². The van der Waals surface area contributed by atoms with Crippen molar-refractivity contribution in [3.8, 4) is 0 Å². The van der Waals surface area contributed by atoms with Crippen LogP contribution >= 0.6 is 0 Å². The Balaban J connectivity index is 1.42. The molecule has 1 fully saturated rings. The van der Waals surface area contributed by atoms with E-state index >= 15 is 0 Å². The van der Waals surface area contributed by atoms with Crippen molar-refractivity contribution in [3.63, 3.8) is 0 Å². The lowest BCUT2D eigenvalue weighted by Gasteiger charge is -2.36. The van der Waals surface area contributed by atoms with Crippen molar-refractivity contribution in [1.29, 1.82) is 0 Å². The van der Waals surface area contributed by atoms with Crippen LogP contribution in [-0.4, -0.2) is 54.5 Å². The lowest BCUT2D eigenvalue weighted by atomic mass is 10.2. The van der Waals surface area contributed by atoms with Gasteiger partial charge < -0.3 is 14.5 Å². The molecule has 8 nitrogen and oxygen atoms in total. The molecule has 0 N–H and O–H groups in total. The second kappa shape index (κ2) is 9.50. The predicted molar refractivity (Wildman–Crippen MR) is 108 cm³/mol. The van der Waals surface area contributed by atoms with Gasteiger partial charge in [-0.2, -0.15) is 0 Å². The molecule has 1 aliphatic rings. The number of hydrogen-bond acceptors (Lipinski definition) is 6. The number of amides is 1. The first-order valence-corrected chi connectivity index (χ1v) is 9.20. The van der Waals surface area contributed by atoms with E-state index in [1.807, 2.05) is 30.3 Å². The van der Waals surface area contributed by atoms with Crippen LogP contribution in [0.15, 0.2) is 60.7 Å². The Morgan fingerprint density at radius 3 is 2.28 bits per heavy atom. The summed E-state index contributed by atoms with van der Waals surface area (Å²) in [6.45, 7) is 2.29. The number of para-hydroxylation sites is 1. The standard InChI is InChI=1S/C21H21N3O5/c25-20(23-14-12-22(13-15-23)18-4-2-1-3-5-18)16-29-21(26)11-8-17-6-9-19(10-7-17)24(27)28/h1-11H,12-16H2/b11-8+. The van der Waals surface area contributed by atoms with E-state index in [1.54, 1.807) is 4.90 Å². The summed E-state index contributed by atoms with van der Waals surface area (Å²) >= 11 is 0. The quantitative estimate of drug-likeness (QED) is 0.323. The minimum absolute atomic E-state index is 0.0253. The predicted octanol–water partition coefficient (Wildman–Crippen LogP) is 2.50. The number of hydrogen-bond donors (Lipinski definition) is 0. The first kappa shape index (κ1) is 20.1. The molecule has 3 rings (SSSR count). The SMILES string of the molecule is O=C(/C=C/c1ccc([N+](=O)[O-])cc1)OCC(=O)N1CCN(c2ccccc2)CC1. The number of nitro benzene ring substituents is 1. The zero-order valence-electron chi connectivity index (χ0n) is 15.8. The highest BCUT2D eigenvalue weighted by Crippen LogP contribution is 2.16. The maximum Gasteiger partial charge on any atom is 0.331 e. The maximum absolute atomic E-state index is 12.3. The Kier molecular flexibility index (Phi) is 6.57. The lowest BCUT2D eigenvalue weighted by molar-refractivity contribution is -0.384. The van der Waals surface area contributed by atoms with Gasteiger partial charge in [0.2, 0.25) is 0 Å². The third kappa shape index (κ3) is 5.65. The minimum Gasteiger partial charge on any atom is -0.452 e. The number of rotatable bonds is 6. The molecular formula is C21H21N3O5. The van der Waals surface area contributed by atoms with E-state index in [0.717, 1.165) is 18.8 Å². The van der Waals surface area contributed by atoms with Crippen molar-refractivity contribution in [2.75, 3.05) is 37.7 Å². The molecule has 1 heterocycles. The van der Waals surface area contributed by atoms with E-state index in [0.29, 0.717) is 18.7 Å². The number of carbonyl (C=O) groups excluding carboxylic acids is 2. The number of carbonyl (C=O) groups is 2. The molecule has 2 aromatic rings. The number of piperazine rings is 1. The normalized spacial score (nSPS) is 14.1. The average molecular weight is 395 g/mol. The average Bonchev–Trinajstić information content (AvgIpc) is 2.77. The zero-order valence-corrected chi connectivity index (χ0v) is 15.8. The number of nitrogens with zero attached hydrogens (tertiary/aromatic N) is 3. The molecule has 150 valence electrons. The van der Waals surface area contributed by atoms with Gasteiger partial charge in [-0.1, -0.05) is 18.2 Å². The smallest absolute Gasteiger partial charge is 0.331 e. The molecule has 1 saturated heterocycles. The maximum atomic E-state index is 12.3. The minimum atomic E-state index is -0.639. The fourth-order valence-electron chi connectivity index (χ4n) is 3.00. The van der Waals surface area contributed by atoms with Gasteiger partial charge in [-0.3, -0.25) is 14.9 Å². The highest BCUT2D eigenvalue weighted by molar-refractivity contribution is 5.89. The summed E-state index contributed by atoms with van der Waals surface area (Å²) in [7, 11) is 0. The monoisotopic (exact) mass is 395 g/mol. The van der Waals surface area contributed by atoms with Gasteiger partial charge in [-0.05, 0) is 35.9 Å². The van der Waals surface area contributed by atoms with Gasteiger partial charge in [-0.25, -0.2) is 4.79 Å². The number of benzene rings is 2. The van der Waals surface area contributed by atoms with E-state index in [-0.39, 0.29) is 18.2 Å². The molecule has 1 amide bonds. The Hall–Kier alpha value is -3.68. The van der Waals surface area contributed by atoms with Gasteiger partial charge in [0.25, 0.3) is 11.6 Å². The number of esters is 1. The summed E-state index contributed by atoms with van der Waals surface area (Å²) in [5.41, 5.74) is 1.72. The lowest BCUT2D eigenvalue weighted by Crippen LogP contribution is -2.49. The number of non-ortho nitro benzene ring substituents is 1. The molecule has 0 atom stereocenters. The molecule has 0 saturated carbocycles. The van der Waals surface area contributed by atoms with E-state index < -0.39 is 10.9 Å². The highest BCUT2D eigenvalue weighted by atomic mass is 16.6. The Labute approximate surface area is 168 Å². The molecule has 0 radical (unpaired) electrons. The van der Waals surface area contributed by atoms with Crippen LogP contribution in [-0.2, 0) is 14.3 Å². The molecule has 2 aromatic carbocycles. The van der Waals surface area contributed by atoms with Crippen LogP contribution in [0, 0.1) is 10.1 Å². The molecule has 0 aliphatic carbocycles. The molecule has 0 spiro atoms. The summed E-state index contributed by atoms with van der Waals surface area (Å²) in [6.07, 6.45) is 2.68. The molecule has 0 aromatic heterocycles. The third-order valence-corrected chi connectivity index (χ3v) is 4.61. The molecule has 0 bridgehead atoms. The van der Waals surface area contributed by atoms with Crippen LogP contribution in [0.4, 0.5) is 11.4 Å². The van der Waals surface area contributed by atoms with Crippen LogP contribution in [0.5, 0.6) is 0 Å². The molecule has 1 aliphatic heterocycles. The second-order valence-corrected chi connectivity index (χ2v) is 6.49. The third-order valence-electron chi connectivity index (χ3n) is 4.61. The van der Waals surface area contributed by atoms with E-state index in [9.17, 15) is 19.7 Å². The Bertz CT molecular complexity index is 888. The van der Waals surface area contributed by atoms with Crippen molar-refractivity contribution in [3.05, 3.63) is 76.4 Å². The van der Waals surface area contributed by atoms with E-state index in [2.05, 4.69) is 4.90 Å². The van der Waals surface area contributed by atoms with Crippen molar-refractivity contribution in [2.45, 2.75) is 0 Å². The van der Waals surface area contributed by atoms with Gasteiger partial charge >= 0.3 is 5.97 Å². The first-order valence-electron chi connectivity index (χ1n) is 9.20. The van der Waals surface area contributed by atoms with Crippen molar-refractivity contribution >= 4 is 29.3 Å². The topological polar surface area (TPSA) is 93.0 Å². The van der Waals surface area contributed by atoms with Crippen molar-refractivity contribution < 1.29 is 19.2 Å². The molecule has 29 heavy (non-hydrogen) atoms. The summed E-state index contributed by atoms with van der Waals surface area (Å²) < 4.78 is 5.01. The van der Waals surface area contributed by atoms with Crippen LogP contribution in [0.2, 0.25) is 0 Å². The largest absolute Gasteiger partial charge is 0.452 e. The van der Waals surface area contributed by atoms with Gasteiger partial charge in [0, 0.05) is 50.1 Å². The Morgan fingerprint density at radius 2 is 1.66 bits per heavy atom. The van der Waals surface area contributed by atoms with Crippen molar-refractivity contribution in [1.82, 2.24) is 4.90 Å². The fraction of sp³-hybridized carbons (Fsp3) is 0.238. The zero-order chi connectivity index (χ0) is 20.6. The second-order valence-electron chi connectivity index (χ2n) is 6.49.